The first-order chi connectivity index (χ1) is 26.3. The van der Waals surface area contributed by atoms with Crippen molar-refractivity contribution in [2.45, 2.75) is 13.1 Å². The fourth-order valence-corrected chi connectivity index (χ4v) is 8.43. The number of rotatable bonds is 8. The van der Waals surface area contributed by atoms with Gasteiger partial charge in [-0.2, -0.15) is 0 Å². The number of benzene rings is 4. The molecule has 0 saturated heterocycles. The smallest absolute Gasteiger partial charge is 0.231 e. The van der Waals surface area contributed by atoms with Gasteiger partial charge >= 0.3 is 0 Å². The molecule has 4 aromatic heterocycles. The normalized spacial score (nSPS) is 12.7. The molecule has 0 bridgehead atoms. The summed E-state index contributed by atoms with van der Waals surface area (Å²) in [6.07, 6.45) is 3.72. The fraction of sp³-hybridized carbons (Fsp3) is 0.116. The van der Waals surface area contributed by atoms with E-state index in [1.807, 2.05) is 60.9 Å². The molecule has 0 atom stereocenters. The lowest BCUT2D eigenvalue weighted by Crippen LogP contribution is -2.15. The molecule has 0 aliphatic carbocycles. The molecule has 53 heavy (non-hydrogen) atoms. The standard InChI is InChI=1S/C23H18N2O4S.C20H16N2S/c1-3-17-19(27-8-7-26-17)9-14(1)11-25-23-22-16(12-30-21(22)5-6-24-23)15-2-4-18-20(10-15)29-13-28-18;1-3-7-15(8-4-1)13-22-20-19-17(16-9-5-2-6-10-16)14-23-18(19)11-12-21-20/h1-6,9-10,12H,7-8,11,13H2,(H,24,25);1-12,14H,13H2,(H,21,22). The monoisotopic (exact) mass is 734 g/mol. The number of nitrogens with one attached hydrogen (secondary N) is 2. The lowest BCUT2D eigenvalue weighted by atomic mass is 10.0. The number of pyridine rings is 2. The highest BCUT2D eigenvalue weighted by Crippen LogP contribution is 2.42. The molecule has 2 N–H and O–H groups in total. The van der Waals surface area contributed by atoms with Gasteiger partial charge in [0.1, 0.15) is 24.8 Å². The molecule has 2 aliphatic heterocycles. The SMILES string of the molecule is c1cc2scc(-c3ccc4c(c3)OCO4)c2c(NCc2ccc3c(c2)OCCO3)n1.c1ccc(CNc2nccc3scc(-c4ccccc4)c23)cc1. The molecule has 0 fully saturated rings. The topological polar surface area (TPSA) is 86.8 Å². The summed E-state index contributed by atoms with van der Waals surface area (Å²) in [7, 11) is 0. The number of nitrogens with zero attached hydrogens (tertiary/aromatic N) is 2. The molecule has 8 nitrogen and oxygen atoms in total. The van der Waals surface area contributed by atoms with Crippen LogP contribution in [0.4, 0.5) is 11.6 Å². The van der Waals surface area contributed by atoms with E-state index in [0.29, 0.717) is 19.8 Å². The highest BCUT2D eigenvalue weighted by molar-refractivity contribution is 7.18. The van der Waals surface area contributed by atoms with E-state index in [1.165, 1.54) is 31.5 Å². The summed E-state index contributed by atoms with van der Waals surface area (Å²) < 4.78 is 24.8. The molecule has 10 rings (SSSR count). The van der Waals surface area contributed by atoms with Gasteiger partial charge in [0.2, 0.25) is 6.79 Å². The number of fused-ring (bicyclic) bond motifs is 4. The van der Waals surface area contributed by atoms with Crippen molar-refractivity contribution < 1.29 is 18.9 Å². The van der Waals surface area contributed by atoms with Gasteiger partial charge in [-0.3, -0.25) is 0 Å². The fourth-order valence-electron chi connectivity index (χ4n) is 6.51. The van der Waals surface area contributed by atoms with Gasteiger partial charge in [0, 0.05) is 56.8 Å². The second kappa shape index (κ2) is 14.9. The molecule has 0 spiro atoms. The lowest BCUT2D eigenvalue weighted by Gasteiger charge is -2.19. The molecule has 2 aliphatic rings. The summed E-state index contributed by atoms with van der Waals surface area (Å²) in [5.41, 5.74) is 7.05. The predicted octanol–water partition coefficient (Wildman–Crippen LogP) is 10.7. The van der Waals surface area contributed by atoms with E-state index in [1.54, 1.807) is 22.7 Å². The Hall–Kier alpha value is -6.10. The maximum atomic E-state index is 5.70. The third kappa shape index (κ3) is 6.94. The van der Waals surface area contributed by atoms with E-state index >= 15 is 0 Å². The van der Waals surface area contributed by atoms with Crippen LogP contribution in [0.1, 0.15) is 11.1 Å². The van der Waals surface area contributed by atoms with Crippen molar-refractivity contribution in [2.75, 3.05) is 30.6 Å². The zero-order valence-electron chi connectivity index (χ0n) is 28.6. The van der Waals surface area contributed by atoms with E-state index in [-0.39, 0.29) is 6.79 Å². The molecule has 0 unspecified atom stereocenters. The molecule has 6 heterocycles. The summed E-state index contributed by atoms with van der Waals surface area (Å²) in [5, 5.41) is 13.7. The lowest BCUT2D eigenvalue weighted by molar-refractivity contribution is 0.171. The average Bonchev–Trinajstić information content (AvgIpc) is 3.99. The minimum atomic E-state index is 0.271. The summed E-state index contributed by atoms with van der Waals surface area (Å²) in [5.74, 6) is 4.97. The first-order valence-corrected chi connectivity index (χ1v) is 19.1. The van der Waals surface area contributed by atoms with Crippen LogP contribution in [0.25, 0.3) is 42.4 Å². The van der Waals surface area contributed by atoms with Crippen molar-refractivity contribution in [3.05, 3.63) is 143 Å². The van der Waals surface area contributed by atoms with Crippen LogP contribution >= 0.6 is 22.7 Å². The highest BCUT2D eigenvalue weighted by atomic mass is 32.1. The Morgan fingerprint density at radius 3 is 1.79 bits per heavy atom. The second-order valence-electron chi connectivity index (χ2n) is 12.5. The maximum Gasteiger partial charge on any atom is 0.231 e. The van der Waals surface area contributed by atoms with Gasteiger partial charge in [0.05, 0.1) is 0 Å². The molecule has 10 heteroatoms. The van der Waals surface area contributed by atoms with Crippen molar-refractivity contribution in [2.24, 2.45) is 0 Å². The van der Waals surface area contributed by atoms with Crippen LogP contribution in [0.3, 0.4) is 0 Å². The van der Waals surface area contributed by atoms with Crippen LogP contribution in [0, 0.1) is 0 Å². The van der Waals surface area contributed by atoms with E-state index < -0.39 is 0 Å². The summed E-state index contributed by atoms with van der Waals surface area (Å²) in [4.78, 5) is 9.20. The molecule has 0 radical (unpaired) electrons. The van der Waals surface area contributed by atoms with Crippen LogP contribution in [-0.4, -0.2) is 30.0 Å². The zero-order chi connectivity index (χ0) is 35.4. The Morgan fingerprint density at radius 2 is 1.08 bits per heavy atom. The quantitative estimate of drug-likeness (QED) is 0.160. The number of ether oxygens (including phenoxy) is 4. The average molecular weight is 735 g/mol. The van der Waals surface area contributed by atoms with Crippen LogP contribution < -0.4 is 29.6 Å². The van der Waals surface area contributed by atoms with Crippen molar-refractivity contribution >= 4 is 54.5 Å². The van der Waals surface area contributed by atoms with E-state index in [4.69, 9.17) is 18.9 Å². The predicted molar refractivity (Wildman–Crippen MR) is 215 cm³/mol. The minimum absolute atomic E-state index is 0.271. The highest BCUT2D eigenvalue weighted by Gasteiger charge is 2.18. The van der Waals surface area contributed by atoms with Crippen molar-refractivity contribution in [1.82, 2.24) is 9.97 Å². The van der Waals surface area contributed by atoms with E-state index in [9.17, 15) is 0 Å². The second-order valence-corrected chi connectivity index (χ2v) is 14.3. The molecule has 8 aromatic rings. The Bertz CT molecular complexity index is 2520. The molecular formula is C43H34N4O4S2. The van der Waals surface area contributed by atoms with Crippen LogP contribution in [0.2, 0.25) is 0 Å². The Balaban J connectivity index is 0.000000146. The molecule has 262 valence electrons. The van der Waals surface area contributed by atoms with Gasteiger partial charge < -0.3 is 29.6 Å². The Labute approximate surface area is 314 Å². The van der Waals surface area contributed by atoms with Crippen molar-refractivity contribution in [1.29, 1.82) is 0 Å². The van der Waals surface area contributed by atoms with Gasteiger partial charge in [-0.1, -0.05) is 72.8 Å². The zero-order valence-corrected chi connectivity index (χ0v) is 30.2. The Morgan fingerprint density at radius 1 is 0.509 bits per heavy atom. The van der Waals surface area contributed by atoms with Crippen LogP contribution in [-0.2, 0) is 13.1 Å². The number of anilines is 2. The summed E-state index contributed by atoms with van der Waals surface area (Å²) >= 11 is 3.47. The molecule has 4 aromatic carbocycles. The van der Waals surface area contributed by atoms with Crippen molar-refractivity contribution in [3.63, 3.8) is 0 Å². The largest absolute Gasteiger partial charge is 0.486 e. The van der Waals surface area contributed by atoms with Gasteiger partial charge in [0.25, 0.3) is 0 Å². The van der Waals surface area contributed by atoms with Gasteiger partial charge in [-0.15, -0.1) is 22.7 Å². The third-order valence-electron chi connectivity index (χ3n) is 9.11. The molecule has 0 saturated carbocycles. The number of thiophene rings is 2. The number of hydrogen-bond acceptors (Lipinski definition) is 10. The Kier molecular flexibility index (Phi) is 9.19. The van der Waals surface area contributed by atoms with Gasteiger partial charge in [-0.25, -0.2) is 9.97 Å². The maximum absolute atomic E-state index is 5.70. The molecule has 0 amide bonds. The van der Waals surface area contributed by atoms with E-state index in [0.717, 1.165) is 63.3 Å². The van der Waals surface area contributed by atoms with Gasteiger partial charge in [-0.05, 0) is 69.4 Å². The number of hydrogen-bond donors (Lipinski definition) is 2. The molecular weight excluding hydrogens is 701 g/mol. The van der Waals surface area contributed by atoms with Crippen LogP contribution in [0.15, 0.2) is 132 Å². The third-order valence-corrected chi connectivity index (χ3v) is 11.0. The summed E-state index contributed by atoms with van der Waals surface area (Å²) in [6.45, 7) is 2.86. The number of aromatic nitrogens is 2. The first kappa shape index (κ1) is 32.8. The van der Waals surface area contributed by atoms with E-state index in [2.05, 4.69) is 92.0 Å². The minimum Gasteiger partial charge on any atom is -0.486 e. The first-order valence-electron chi connectivity index (χ1n) is 17.3. The van der Waals surface area contributed by atoms with Crippen molar-refractivity contribution in [3.8, 4) is 45.3 Å². The van der Waals surface area contributed by atoms with Crippen LogP contribution in [0.5, 0.6) is 23.0 Å². The summed E-state index contributed by atoms with van der Waals surface area (Å²) in [6, 6.07) is 37.1. The van der Waals surface area contributed by atoms with Gasteiger partial charge in [0.15, 0.2) is 23.0 Å².